The maximum Gasteiger partial charge on any atom is 0.339 e. The Bertz CT molecular complexity index is 953. The van der Waals surface area contributed by atoms with Gasteiger partial charge in [-0.2, -0.15) is 0 Å². The molecule has 1 heterocycles. The lowest BCUT2D eigenvalue weighted by atomic mass is 9.93. The molecule has 4 nitrogen and oxygen atoms in total. The summed E-state index contributed by atoms with van der Waals surface area (Å²) in [7, 11) is 1.97. The van der Waals surface area contributed by atoms with Gasteiger partial charge in [-0.05, 0) is 23.8 Å². The van der Waals surface area contributed by atoms with E-state index in [2.05, 4.69) is 21.2 Å². The van der Waals surface area contributed by atoms with E-state index in [1.165, 1.54) is 11.3 Å². The van der Waals surface area contributed by atoms with Crippen LogP contribution in [0.2, 0.25) is 0 Å². The lowest BCUT2D eigenvalue weighted by Gasteiger charge is -2.07. The highest BCUT2D eigenvalue weighted by molar-refractivity contribution is 9.10. The third kappa shape index (κ3) is 3.83. The summed E-state index contributed by atoms with van der Waals surface area (Å²) in [6.07, 6.45) is 0. The first-order valence-corrected chi connectivity index (χ1v) is 9.11. The van der Waals surface area contributed by atoms with E-state index in [-0.39, 0.29) is 11.5 Å². The highest BCUT2D eigenvalue weighted by Gasteiger charge is 2.21. The van der Waals surface area contributed by atoms with Crippen LogP contribution < -0.4 is 10.8 Å². The van der Waals surface area contributed by atoms with Gasteiger partial charge >= 0.3 is 5.97 Å². The molecule has 1 amide bonds. The van der Waals surface area contributed by atoms with Crippen molar-refractivity contribution < 1.29 is 14.7 Å². The molecule has 0 aliphatic carbocycles. The van der Waals surface area contributed by atoms with Crippen LogP contribution in [-0.2, 0) is 0 Å². The summed E-state index contributed by atoms with van der Waals surface area (Å²) in [6, 6.07) is 14.5. The van der Waals surface area contributed by atoms with Crippen molar-refractivity contribution >= 4 is 57.5 Å². The first-order valence-electron chi connectivity index (χ1n) is 7.44. The number of halogens is 1. The van der Waals surface area contributed by atoms with Crippen molar-refractivity contribution in [1.29, 1.82) is 0 Å². The monoisotopic (exact) mass is 413 g/mol. The van der Waals surface area contributed by atoms with Gasteiger partial charge in [-0.3, -0.25) is 4.79 Å². The van der Waals surface area contributed by atoms with Gasteiger partial charge in [-0.15, -0.1) is 11.3 Å². The molecule has 2 aromatic carbocycles. The Morgan fingerprint density at radius 1 is 1.12 bits per heavy atom. The number of amides is 1. The number of hydrogen-bond donors (Lipinski definition) is 2. The molecule has 1 aromatic heterocycles. The average Bonchev–Trinajstić information content (AvgIpc) is 2.99. The zero-order chi connectivity index (χ0) is 18.0. The van der Waals surface area contributed by atoms with Crippen LogP contribution in [0.1, 0.15) is 20.7 Å². The molecular weight excluding hydrogens is 401 g/mol. The van der Waals surface area contributed by atoms with Gasteiger partial charge in [0.2, 0.25) is 0 Å². The number of carbonyl (C=O) groups is 2. The first-order chi connectivity index (χ1) is 12.0. The Morgan fingerprint density at radius 2 is 1.84 bits per heavy atom. The van der Waals surface area contributed by atoms with Gasteiger partial charge in [0.05, 0.1) is 0 Å². The number of carboxylic acid groups (broad SMARTS) is 1. The van der Waals surface area contributed by atoms with Crippen LogP contribution in [0.25, 0.3) is 11.1 Å². The molecule has 0 aliphatic heterocycles. The lowest BCUT2D eigenvalue weighted by Crippen LogP contribution is -2.13. The van der Waals surface area contributed by atoms with Crippen molar-refractivity contribution in [2.45, 2.75) is 0 Å². The minimum atomic E-state index is -1.07. The van der Waals surface area contributed by atoms with Crippen LogP contribution in [0.3, 0.4) is 0 Å². The van der Waals surface area contributed by atoms with E-state index in [0.29, 0.717) is 16.1 Å². The number of nitrogens with one attached hydrogen (secondary N) is 1. The van der Waals surface area contributed by atoms with Crippen molar-refractivity contribution in [3.63, 3.8) is 0 Å². The normalized spacial score (nSPS) is 10.4. The summed E-state index contributed by atoms with van der Waals surface area (Å²) in [5.41, 5.74) is 3.07. The second-order valence-corrected chi connectivity index (χ2v) is 7.28. The van der Waals surface area contributed by atoms with Crippen molar-refractivity contribution in [1.82, 2.24) is 0 Å². The summed E-state index contributed by atoms with van der Waals surface area (Å²) in [5.74, 6) is -1.41. The molecule has 124 valence electrons. The fraction of sp³-hybridized carbons (Fsp3) is 0. The van der Waals surface area contributed by atoms with Gasteiger partial charge < -0.3 is 10.4 Å². The molecule has 7 heteroatoms. The van der Waals surface area contributed by atoms with Crippen LogP contribution in [-0.4, -0.2) is 24.8 Å². The molecule has 0 radical (unpaired) electrons. The molecule has 0 bridgehead atoms. The molecule has 0 unspecified atom stereocenters. The lowest BCUT2D eigenvalue weighted by molar-refractivity contribution is 0.0699. The maximum atomic E-state index is 12.4. The van der Waals surface area contributed by atoms with Crippen molar-refractivity contribution in [3.05, 3.63) is 69.5 Å². The Balaban J connectivity index is 1.96. The molecule has 3 rings (SSSR count). The number of carbonyl (C=O) groups excluding carboxylic acids is 1. The Hall–Kier alpha value is -2.38. The van der Waals surface area contributed by atoms with E-state index in [9.17, 15) is 14.7 Å². The Kier molecular flexibility index (Phi) is 5.06. The van der Waals surface area contributed by atoms with Gasteiger partial charge in [-0.1, -0.05) is 51.7 Å². The molecule has 0 saturated heterocycles. The van der Waals surface area contributed by atoms with Crippen LogP contribution in [0.4, 0.5) is 5.00 Å². The second-order valence-electron chi connectivity index (χ2n) is 5.49. The molecule has 2 N–H and O–H groups in total. The number of benzene rings is 2. The molecule has 0 aliphatic rings. The number of aromatic carboxylic acids is 1. The second kappa shape index (κ2) is 7.25. The van der Waals surface area contributed by atoms with E-state index >= 15 is 0 Å². The van der Waals surface area contributed by atoms with Crippen LogP contribution >= 0.6 is 27.3 Å². The Morgan fingerprint density at radius 3 is 2.48 bits per heavy atom. The predicted octanol–water partition coefficient (Wildman–Crippen LogP) is 3.39. The van der Waals surface area contributed by atoms with Gasteiger partial charge in [0, 0.05) is 21.0 Å². The number of rotatable bonds is 4. The van der Waals surface area contributed by atoms with Gasteiger partial charge in [-0.25, -0.2) is 4.79 Å². The van der Waals surface area contributed by atoms with E-state index in [4.69, 9.17) is 0 Å². The van der Waals surface area contributed by atoms with Gasteiger partial charge in [0.1, 0.15) is 18.4 Å². The topological polar surface area (TPSA) is 66.4 Å². The third-order valence-corrected chi connectivity index (χ3v) is 5.07. The predicted molar refractivity (Wildman–Crippen MR) is 107 cm³/mol. The van der Waals surface area contributed by atoms with E-state index in [0.717, 1.165) is 15.5 Å². The molecule has 0 atom stereocenters. The zero-order valence-corrected chi connectivity index (χ0v) is 15.6. The summed E-state index contributed by atoms with van der Waals surface area (Å²) in [6.45, 7) is 0. The minimum Gasteiger partial charge on any atom is -0.478 e. The van der Waals surface area contributed by atoms with E-state index < -0.39 is 5.97 Å². The molecule has 25 heavy (non-hydrogen) atoms. The highest BCUT2D eigenvalue weighted by Crippen LogP contribution is 2.35. The fourth-order valence-corrected chi connectivity index (χ4v) is 3.77. The SMILES string of the molecule is Bc1ccc(-c2csc(NC(=O)c3cccc(Br)c3)c2C(=O)O)cc1. The fourth-order valence-electron chi connectivity index (χ4n) is 2.41. The average molecular weight is 414 g/mol. The quantitative estimate of drug-likeness (QED) is 0.644. The molecular formula is C18H13BBrNO3S. The van der Waals surface area contributed by atoms with Gasteiger partial charge in [0.25, 0.3) is 5.91 Å². The van der Waals surface area contributed by atoms with Crippen molar-refractivity contribution in [2.24, 2.45) is 0 Å². The number of carboxylic acids is 1. The third-order valence-electron chi connectivity index (χ3n) is 3.68. The van der Waals surface area contributed by atoms with Crippen LogP contribution in [0.15, 0.2) is 58.4 Å². The summed E-state index contributed by atoms with van der Waals surface area (Å²) in [4.78, 5) is 24.2. The molecule has 3 aromatic rings. The number of thiophene rings is 1. The summed E-state index contributed by atoms with van der Waals surface area (Å²) >= 11 is 4.53. The highest BCUT2D eigenvalue weighted by atomic mass is 79.9. The summed E-state index contributed by atoms with van der Waals surface area (Å²) in [5, 5.41) is 14.4. The van der Waals surface area contributed by atoms with Crippen molar-refractivity contribution in [3.8, 4) is 11.1 Å². The summed E-state index contributed by atoms with van der Waals surface area (Å²) < 4.78 is 0.783. The first kappa shape index (κ1) is 17.4. The number of anilines is 1. The van der Waals surface area contributed by atoms with Crippen LogP contribution in [0, 0.1) is 0 Å². The van der Waals surface area contributed by atoms with Gasteiger partial charge in [0.15, 0.2) is 0 Å². The molecule has 0 spiro atoms. The van der Waals surface area contributed by atoms with E-state index in [1.54, 1.807) is 23.6 Å². The number of hydrogen-bond acceptors (Lipinski definition) is 3. The van der Waals surface area contributed by atoms with E-state index in [1.807, 2.05) is 38.2 Å². The molecule has 0 saturated carbocycles. The van der Waals surface area contributed by atoms with Crippen LogP contribution in [0.5, 0.6) is 0 Å². The smallest absolute Gasteiger partial charge is 0.339 e. The minimum absolute atomic E-state index is 0.109. The standard InChI is InChI=1S/C18H13BBrNO3S/c19-12-6-4-10(5-7-12)14-9-25-17(15(14)18(23)24)21-16(22)11-2-1-3-13(20)8-11/h1-9H,19H2,(H,21,22)(H,23,24). The molecule has 0 fully saturated rings. The zero-order valence-electron chi connectivity index (χ0n) is 13.2. The Labute approximate surface area is 158 Å². The van der Waals surface area contributed by atoms with Crippen molar-refractivity contribution in [2.75, 3.05) is 5.32 Å². The maximum absolute atomic E-state index is 12.4. The largest absolute Gasteiger partial charge is 0.478 e.